The predicted molar refractivity (Wildman–Crippen MR) is 125 cm³/mol. The molecule has 0 heterocycles. The largest absolute Gasteiger partial charge is 0.465 e. The van der Waals surface area contributed by atoms with Crippen molar-refractivity contribution in [2.75, 3.05) is 24.0 Å². The lowest BCUT2D eigenvalue weighted by molar-refractivity contribution is -0.121. The first-order valence-electron chi connectivity index (χ1n) is 9.11. The summed E-state index contributed by atoms with van der Waals surface area (Å²) >= 11 is 6.02. The van der Waals surface area contributed by atoms with E-state index < -0.39 is 17.8 Å². The first-order valence-corrected chi connectivity index (χ1v) is 9.48. The number of ether oxygens (including phenoxy) is 1. The molecule has 0 saturated carbocycles. The fraction of sp³-hybridized carbons (Fsp3) is 0.0952. The number of halogens is 1. The van der Waals surface area contributed by atoms with Gasteiger partial charge in [0, 0.05) is 29.1 Å². The zero-order valence-corrected chi connectivity index (χ0v) is 17.9. The van der Waals surface area contributed by atoms with Crippen molar-refractivity contribution in [3.63, 3.8) is 0 Å². The molecule has 11 heteroatoms. The fourth-order valence-electron chi connectivity index (χ4n) is 2.45. The van der Waals surface area contributed by atoms with Gasteiger partial charge in [-0.25, -0.2) is 10.6 Å². The SMILES string of the molecule is C=N/N=C\N(N)c1ccc(Cl)cc1/C=C/C(=O)NCC(=O)Nc1ccc(C(=O)OC)cc1. The van der Waals surface area contributed by atoms with Crippen LogP contribution < -0.4 is 21.5 Å². The molecule has 0 fully saturated rings. The topological polar surface area (TPSA) is 138 Å². The normalized spacial score (nSPS) is 10.7. The summed E-state index contributed by atoms with van der Waals surface area (Å²) in [5.41, 5.74) is 1.88. The Hall–Kier alpha value is -4.02. The maximum atomic E-state index is 12.1. The van der Waals surface area contributed by atoms with E-state index in [1.807, 2.05) is 0 Å². The van der Waals surface area contributed by atoms with E-state index >= 15 is 0 Å². The molecule has 2 aromatic carbocycles. The Balaban J connectivity index is 1.94. The highest BCUT2D eigenvalue weighted by atomic mass is 35.5. The van der Waals surface area contributed by atoms with Gasteiger partial charge in [-0.05, 0) is 48.5 Å². The van der Waals surface area contributed by atoms with E-state index in [0.29, 0.717) is 27.5 Å². The minimum Gasteiger partial charge on any atom is -0.465 e. The van der Waals surface area contributed by atoms with Gasteiger partial charge >= 0.3 is 5.97 Å². The monoisotopic (exact) mass is 456 g/mol. The molecule has 32 heavy (non-hydrogen) atoms. The number of methoxy groups -OCH3 is 1. The predicted octanol–water partition coefficient (Wildman–Crippen LogP) is 2.22. The number of esters is 1. The third-order valence-electron chi connectivity index (χ3n) is 3.95. The summed E-state index contributed by atoms with van der Waals surface area (Å²) in [6.45, 7) is 2.97. The third-order valence-corrected chi connectivity index (χ3v) is 4.19. The second-order valence-corrected chi connectivity index (χ2v) is 6.59. The summed E-state index contributed by atoms with van der Waals surface area (Å²) < 4.78 is 4.61. The van der Waals surface area contributed by atoms with Gasteiger partial charge in [0.05, 0.1) is 24.9 Å². The molecule has 0 spiro atoms. The molecule has 0 aliphatic rings. The number of hydrogen-bond donors (Lipinski definition) is 3. The molecular formula is C21H21ClN6O4. The highest BCUT2D eigenvalue weighted by molar-refractivity contribution is 6.30. The molecule has 2 aromatic rings. The van der Waals surface area contributed by atoms with Gasteiger partial charge in [0.25, 0.3) is 0 Å². The van der Waals surface area contributed by atoms with Crippen LogP contribution in [0.1, 0.15) is 15.9 Å². The van der Waals surface area contributed by atoms with Crippen molar-refractivity contribution < 1.29 is 19.1 Å². The van der Waals surface area contributed by atoms with Crippen LogP contribution in [0.4, 0.5) is 11.4 Å². The van der Waals surface area contributed by atoms with Crippen LogP contribution in [0.2, 0.25) is 5.02 Å². The number of rotatable bonds is 9. The quantitative estimate of drug-likeness (QED) is 0.132. The average molecular weight is 457 g/mol. The Bertz CT molecular complexity index is 1050. The number of hydrazine groups is 1. The molecule has 0 unspecified atom stereocenters. The number of nitrogens with two attached hydrogens (primary N) is 1. The van der Waals surface area contributed by atoms with Crippen LogP contribution in [0.15, 0.2) is 58.7 Å². The zero-order valence-electron chi connectivity index (χ0n) is 17.1. The minimum absolute atomic E-state index is 0.259. The van der Waals surface area contributed by atoms with Crippen LogP contribution >= 0.6 is 11.6 Å². The van der Waals surface area contributed by atoms with Gasteiger partial charge in [-0.15, -0.1) is 5.10 Å². The first kappa shape index (κ1) is 24.3. The molecule has 0 saturated heterocycles. The van der Waals surface area contributed by atoms with E-state index in [9.17, 15) is 14.4 Å². The molecular weight excluding hydrogens is 436 g/mol. The Morgan fingerprint density at radius 2 is 1.94 bits per heavy atom. The second-order valence-electron chi connectivity index (χ2n) is 6.15. The molecule has 10 nitrogen and oxygen atoms in total. The van der Waals surface area contributed by atoms with E-state index in [4.69, 9.17) is 17.4 Å². The molecule has 4 N–H and O–H groups in total. The number of nitrogens with zero attached hydrogens (tertiary/aromatic N) is 3. The van der Waals surface area contributed by atoms with E-state index in [0.717, 1.165) is 0 Å². The third kappa shape index (κ3) is 7.35. The van der Waals surface area contributed by atoms with Crippen molar-refractivity contribution in [3.05, 3.63) is 64.7 Å². The molecule has 2 amide bonds. The van der Waals surface area contributed by atoms with E-state index in [1.54, 1.807) is 30.3 Å². The smallest absolute Gasteiger partial charge is 0.337 e. The number of amides is 2. The van der Waals surface area contributed by atoms with Gasteiger partial charge in [0.2, 0.25) is 11.8 Å². The van der Waals surface area contributed by atoms with Gasteiger partial charge in [0.15, 0.2) is 0 Å². The van der Waals surface area contributed by atoms with E-state index in [1.165, 1.54) is 42.7 Å². The summed E-state index contributed by atoms with van der Waals surface area (Å²) in [6, 6.07) is 11.0. The summed E-state index contributed by atoms with van der Waals surface area (Å²) in [7, 11) is 1.28. The Morgan fingerprint density at radius 1 is 1.22 bits per heavy atom. The van der Waals surface area contributed by atoms with Gasteiger partial charge in [-0.1, -0.05) is 11.6 Å². The number of benzene rings is 2. The standard InChI is InChI=1S/C21H21ClN6O4/c1-24-26-13-28(23)18-9-6-16(22)11-15(18)5-10-19(29)25-12-20(30)27-17-7-3-14(4-8-17)21(31)32-2/h3-11,13H,1,12,23H2,2H3,(H,25,29)(H,27,30)/b10-5+,26-13-. The molecule has 0 aromatic heterocycles. The average Bonchev–Trinajstić information content (AvgIpc) is 2.79. The number of carbonyl (C=O) groups excluding carboxylic acids is 3. The van der Waals surface area contributed by atoms with Crippen LogP contribution in [0.25, 0.3) is 6.08 Å². The number of anilines is 2. The highest BCUT2D eigenvalue weighted by Gasteiger charge is 2.09. The van der Waals surface area contributed by atoms with Crippen LogP contribution in [0.3, 0.4) is 0 Å². The van der Waals surface area contributed by atoms with E-state index in [-0.39, 0.29) is 6.54 Å². The number of carbonyl (C=O) groups is 3. The molecule has 0 radical (unpaired) electrons. The maximum Gasteiger partial charge on any atom is 0.337 e. The Kier molecular flexibility index (Phi) is 9.08. The lowest BCUT2D eigenvalue weighted by atomic mass is 10.1. The van der Waals surface area contributed by atoms with E-state index in [2.05, 4.69) is 32.3 Å². The van der Waals surface area contributed by atoms with Crippen molar-refractivity contribution >= 4 is 59.9 Å². The van der Waals surface area contributed by atoms with Gasteiger partial charge in [-0.3, -0.25) is 14.6 Å². The number of nitrogens with one attached hydrogen (secondary N) is 2. The summed E-state index contributed by atoms with van der Waals surface area (Å²) in [6.07, 6.45) is 3.98. The lowest BCUT2D eigenvalue weighted by Crippen LogP contribution is -2.31. The van der Waals surface area contributed by atoms with Crippen molar-refractivity contribution in [1.29, 1.82) is 0 Å². The highest BCUT2D eigenvalue weighted by Crippen LogP contribution is 2.23. The van der Waals surface area contributed by atoms with Crippen LogP contribution in [-0.4, -0.2) is 44.5 Å². The van der Waals surface area contributed by atoms with Crippen LogP contribution in [0, 0.1) is 0 Å². The van der Waals surface area contributed by atoms with Gasteiger partial charge in [0.1, 0.15) is 6.34 Å². The Morgan fingerprint density at radius 3 is 2.59 bits per heavy atom. The Labute approximate surface area is 189 Å². The molecule has 0 atom stereocenters. The van der Waals surface area contributed by atoms with Crippen LogP contribution in [-0.2, 0) is 14.3 Å². The molecule has 2 rings (SSSR count). The molecule has 166 valence electrons. The van der Waals surface area contributed by atoms with Crippen molar-refractivity contribution in [3.8, 4) is 0 Å². The zero-order chi connectivity index (χ0) is 23.5. The summed E-state index contributed by atoms with van der Waals surface area (Å²) in [5, 5.41) is 13.7. The van der Waals surface area contributed by atoms with Gasteiger partial charge in [-0.2, -0.15) is 5.10 Å². The molecule has 0 aliphatic carbocycles. The maximum absolute atomic E-state index is 12.1. The summed E-state index contributed by atoms with van der Waals surface area (Å²) in [4.78, 5) is 35.6. The van der Waals surface area contributed by atoms with Crippen molar-refractivity contribution in [2.45, 2.75) is 0 Å². The fourth-order valence-corrected chi connectivity index (χ4v) is 2.63. The minimum atomic E-state index is -0.503. The summed E-state index contributed by atoms with van der Waals surface area (Å²) in [5.74, 6) is 4.46. The number of hydrogen-bond acceptors (Lipinski definition) is 7. The lowest BCUT2D eigenvalue weighted by Gasteiger charge is -2.15. The first-order chi connectivity index (χ1) is 15.3. The molecule has 0 bridgehead atoms. The van der Waals surface area contributed by atoms with Gasteiger partial charge < -0.3 is 15.4 Å². The molecule has 0 aliphatic heterocycles. The van der Waals surface area contributed by atoms with Crippen LogP contribution in [0.5, 0.6) is 0 Å². The van der Waals surface area contributed by atoms with Crippen molar-refractivity contribution in [2.24, 2.45) is 16.0 Å². The second kappa shape index (κ2) is 12.0. The van der Waals surface area contributed by atoms with Crippen molar-refractivity contribution in [1.82, 2.24) is 5.32 Å².